The Hall–Kier alpha value is 0.194. The Labute approximate surface area is 182 Å². The van der Waals surface area contributed by atoms with Gasteiger partial charge in [-0.15, -0.1) is 0 Å². The molecule has 3 aliphatic carbocycles. The molecule has 0 aromatic rings. The van der Waals surface area contributed by atoms with Gasteiger partial charge in [0.2, 0.25) is 0 Å². The van der Waals surface area contributed by atoms with Crippen molar-refractivity contribution < 1.29 is 19.1 Å². The molecule has 0 saturated heterocycles. The fourth-order valence-electron chi connectivity index (χ4n) is 4.45. The molecule has 5 heteroatoms. The maximum absolute atomic E-state index is 6.67. The van der Waals surface area contributed by atoms with Crippen LogP contribution in [0.2, 0.25) is 32.7 Å². The predicted octanol–water partition coefficient (Wildman–Crippen LogP) is 7.27. The van der Waals surface area contributed by atoms with Crippen LogP contribution in [-0.4, -0.2) is 21.7 Å². The van der Waals surface area contributed by atoms with Crippen LogP contribution < -0.4 is 0 Å². The third-order valence-corrected chi connectivity index (χ3v) is 16.4. The van der Waals surface area contributed by atoms with Gasteiger partial charge in [0.25, 0.3) is 0 Å². The maximum atomic E-state index is 6.67. The van der Waals surface area contributed by atoms with Crippen molar-refractivity contribution in [3.8, 4) is 0 Å². The molecule has 27 heavy (non-hydrogen) atoms. The van der Waals surface area contributed by atoms with Gasteiger partial charge in [0, 0.05) is 0 Å². The van der Waals surface area contributed by atoms with Crippen molar-refractivity contribution in [2.75, 3.05) is 0 Å². The number of hydrogen-bond donors (Lipinski definition) is 0. The van der Waals surface area contributed by atoms with Crippen LogP contribution in [0.4, 0.5) is 0 Å². The SMILES string of the molecule is CC1=[C]([Hf]([Cl])[Cl])C2=CC=CC(=[Si](C)C)C(C)C2=C1C1=CC([Si](C)(C)C)=CC1. The average Bonchev–Trinajstić information content (AvgIpc) is 3.08. The molecule has 0 aromatic heterocycles. The molecule has 1 atom stereocenters. The molecule has 0 radical (unpaired) electrons. The third-order valence-electron chi connectivity index (χ3n) is 5.84. The van der Waals surface area contributed by atoms with E-state index in [0.29, 0.717) is 5.92 Å². The Morgan fingerprint density at radius 3 is 2.37 bits per heavy atom. The van der Waals surface area contributed by atoms with Crippen LogP contribution in [0.25, 0.3) is 0 Å². The predicted molar refractivity (Wildman–Crippen MR) is 124 cm³/mol. The van der Waals surface area contributed by atoms with Gasteiger partial charge in [0.05, 0.1) is 0 Å². The molecule has 3 aliphatic rings. The Morgan fingerprint density at radius 1 is 1.19 bits per heavy atom. The molecular formula is C22H29Cl2HfSi2. The van der Waals surface area contributed by atoms with Gasteiger partial charge in [0.15, 0.2) is 0 Å². The Morgan fingerprint density at radius 2 is 1.85 bits per heavy atom. The summed E-state index contributed by atoms with van der Waals surface area (Å²) < 4.78 is 1.31. The van der Waals surface area contributed by atoms with E-state index in [1.54, 1.807) is 10.4 Å². The van der Waals surface area contributed by atoms with Gasteiger partial charge in [0.1, 0.15) is 0 Å². The first-order valence-corrected chi connectivity index (χ1v) is 26.4. The van der Waals surface area contributed by atoms with Gasteiger partial charge in [-0.3, -0.25) is 0 Å². The number of halogens is 2. The summed E-state index contributed by atoms with van der Waals surface area (Å²) in [5.41, 5.74) is 7.15. The molecule has 0 nitrogen and oxygen atoms in total. The van der Waals surface area contributed by atoms with Gasteiger partial charge in [-0.25, -0.2) is 0 Å². The first kappa shape index (κ1) is 21.9. The van der Waals surface area contributed by atoms with E-state index < -0.39 is 35.6 Å². The molecule has 0 heterocycles. The van der Waals surface area contributed by atoms with Crippen LogP contribution in [0.3, 0.4) is 0 Å². The zero-order valence-corrected chi connectivity index (χ0v) is 24.5. The zero-order chi connectivity index (χ0) is 20.1. The van der Waals surface area contributed by atoms with Crippen molar-refractivity contribution in [3.05, 3.63) is 66.8 Å². The van der Waals surface area contributed by atoms with Crippen LogP contribution in [0.5, 0.6) is 0 Å². The van der Waals surface area contributed by atoms with Crippen LogP contribution in [0.1, 0.15) is 20.3 Å². The summed E-state index contributed by atoms with van der Waals surface area (Å²) in [6, 6.07) is 0. The fraction of sp³-hybridized carbons (Fsp3) is 0.409. The molecule has 0 aromatic carbocycles. The fourth-order valence-corrected chi connectivity index (χ4v) is 14.2. The molecule has 0 N–H and O–H groups in total. The number of fused-ring (bicyclic) bond motifs is 1. The van der Waals surface area contributed by atoms with Crippen molar-refractivity contribution >= 4 is 38.8 Å². The van der Waals surface area contributed by atoms with Crippen molar-refractivity contribution in [1.29, 1.82) is 0 Å². The molecule has 0 amide bonds. The monoisotopic (exact) mass is 599 g/mol. The Kier molecular flexibility index (Phi) is 6.60. The van der Waals surface area contributed by atoms with Crippen LogP contribution in [0.15, 0.2) is 66.8 Å². The standard InChI is InChI=1S/C22H29Si2.2ClH.Hf/c1-15-13-17-9-8-10-20(23(3)4)16(2)22(17)21(15)18-11-12-19(14-18)24(5,6)7;;;/h8-10,12,14,16H,11H2,1-7H3;2*1H;/q;;;+2/p-2. The first-order chi connectivity index (χ1) is 12.5. The Balaban J connectivity index is 2.22. The van der Waals surface area contributed by atoms with E-state index in [4.69, 9.17) is 17.2 Å². The number of allylic oxidation sites excluding steroid dienone is 12. The Bertz CT molecular complexity index is 899. The molecule has 3 rings (SSSR count). The minimum absolute atomic E-state index is 0.442. The van der Waals surface area contributed by atoms with Gasteiger partial charge in [-0.05, 0) is 0 Å². The molecule has 1 unspecified atom stereocenters. The summed E-state index contributed by atoms with van der Waals surface area (Å²) in [5.74, 6) is 0.442. The molecule has 0 spiro atoms. The summed E-state index contributed by atoms with van der Waals surface area (Å²) >= 11 is -2.73. The van der Waals surface area contributed by atoms with Gasteiger partial charge < -0.3 is 0 Å². The van der Waals surface area contributed by atoms with Crippen molar-refractivity contribution in [1.82, 2.24) is 0 Å². The summed E-state index contributed by atoms with van der Waals surface area (Å²) in [6.07, 6.45) is 12.9. The second-order valence-electron chi connectivity index (χ2n) is 8.95. The van der Waals surface area contributed by atoms with Crippen molar-refractivity contribution in [2.24, 2.45) is 5.92 Å². The van der Waals surface area contributed by atoms with E-state index in [1.165, 1.54) is 31.2 Å². The molecule has 143 valence electrons. The van der Waals surface area contributed by atoms with Crippen molar-refractivity contribution in [2.45, 2.75) is 53.0 Å². The van der Waals surface area contributed by atoms with Crippen LogP contribution in [-0.2, 0) is 19.1 Å². The summed E-state index contributed by atoms with van der Waals surface area (Å²) in [5, 5.41) is 3.18. The summed E-state index contributed by atoms with van der Waals surface area (Å²) in [7, 11) is 11.5. The molecule has 0 aliphatic heterocycles. The van der Waals surface area contributed by atoms with Gasteiger partial charge >= 0.3 is 184 Å². The second kappa shape index (κ2) is 8.14. The van der Waals surface area contributed by atoms with Gasteiger partial charge in [-0.1, -0.05) is 0 Å². The quantitative estimate of drug-likeness (QED) is 0.300. The molecule has 0 bridgehead atoms. The number of rotatable bonds is 3. The van der Waals surface area contributed by atoms with E-state index in [-0.39, 0.29) is 0 Å². The third kappa shape index (κ3) is 4.09. The normalized spacial score (nSPS) is 22.6. The van der Waals surface area contributed by atoms with E-state index in [0.717, 1.165) is 6.42 Å². The van der Waals surface area contributed by atoms with E-state index >= 15 is 0 Å². The molecule has 0 saturated carbocycles. The average molecular weight is 599 g/mol. The van der Waals surface area contributed by atoms with E-state index in [2.05, 4.69) is 77.0 Å². The summed E-state index contributed by atoms with van der Waals surface area (Å²) in [6.45, 7) is 16.7. The zero-order valence-electron chi connectivity index (χ0n) is 17.4. The minimum atomic E-state index is -2.73. The first-order valence-electron chi connectivity index (χ1n) is 9.65. The summed E-state index contributed by atoms with van der Waals surface area (Å²) in [4.78, 5) is 0. The topological polar surface area (TPSA) is 0 Å². The van der Waals surface area contributed by atoms with Gasteiger partial charge in [-0.2, -0.15) is 0 Å². The van der Waals surface area contributed by atoms with E-state index in [1.807, 2.05) is 0 Å². The molecule has 0 fully saturated rings. The van der Waals surface area contributed by atoms with Crippen LogP contribution in [0, 0.1) is 5.92 Å². The van der Waals surface area contributed by atoms with E-state index in [9.17, 15) is 0 Å². The van der Waals surface area contributed by atoms with Crippen molar-refractivity contribution in [3.63, 3.8) is 0 Å². The second-order valence-corrected chi connectivity index (χ2v) is 28.0. The number of hydrogen-bond acceptors (Lipinski definition) is 0. The molecular weight excluding hydrogens is 570 g/mol. The van der Waals surface area contributed by atoms with Crippen LogP contribution >= 0.6 is 17.2 Å².